The van der Waals surface area contributed by atoms with Gasteiger partial charge in [-0.1, -0.05) is 20.4 Å². The summed E-state index contributed by atoms with van der Waals surface area (Å²) >= 11 is 0. The van der Waals surface area contributed by atoms with E-state index in [1.165, 1.54) is 19.2 Å². The van der Waals surface area contributed by atoms with Gasteiger partial charge in [-0.3, -0.25) is 4.79 Å². The first kappa shape index (κ1) is 17.6. The van der Waals surface area contributed by atoms with Gasteiger partial charge in [-0.05, 0) is 36.1 Å². The summed E-state index contributed by atoms with van der Waals surface area (Å²) in [4.78, 5) is 12.1. The molecule has 1 aliphatic heterocycles. The second-order valence-corrected chi connectivity index (χ2v) is 7.68. The van der Waals surface area contributed by atoms with Crippen molar-refractivity contribution in [1.82, 2.24) is 4.31 Å². The Hall–Kier alpha value is -1.73. The summed E-state index contributed by atoms with van der Waals surface area (Å²) in [5.41, 5.74) is 0.790. The van der Waals surface area contributed by atoms with Gasteiger partial charge in [0.2, 0.25) is 10.0 Å². The van der Waals surface area contributed by atoms with Crippen molar-refractivity contribution in [3.05, 3.63) is 36.2 Å². The number of benzene rings is 1. The predicted molar refractivity (Wildman–Crippen MR) is 84.6 cm³/mol. The number of carbonyl (C=O) groups is 1. The zero-order valence-electron chi connectivity index (χ0n) is 13.4. The standard InChI is InChI=1S/C16H20FNO4S/c1-10(2)15(16(19)22-4)18-8-7-11(3)13-9-12(17)5-6-14(13)23(18,20)21/h5-6,9-10,15H,3,7-8H2,1-2,4H3/t15-/m0/s1. The third-order valence-corrected chi connectivity index (χ3v) is 5.87. The van der Waals surface area contributed by atoms with Crippen LogP contribution < -0.4 is 0 Å². The van der Waals surface area contributed by atoms with Crippen LogP contribution in [0.15, 0.2) is 29.7 Å². The maximum absolute atomic E-state index is 13.5. The molecule has 1 aromatic carbocycles. The third-order valence-electron chi connectivity index (χ3n) is 3.93. The Morgan fingerprint density at radius 3 is 2.61 bits per heavy atom. The number of fused-ring (bicyclic) bond motifs is 1. The van der Waals surface area contributed by atoms with Crippen LogP contribution in [-0.4, -0.2) is 38.4 Å². The van der Waals surface area contributed by atoms with Crippen LogP contribution in [0, 0.1) is 11.7 Å². The van der Waals surface area contributed by atoms with Gasteiger partial charge in [0.25, 0.3) is 0 Å². The number of sulfonamides is 1. The molecule has 0 radical (unpaired) electrons. The van der Waals surface area contributed by atoms with E-state index < -0.39 is 27.9 Å². The van der Waals surface area contributed by atoms with Crippen LogP contribution in [0.4, 0.5) is 4.39 Å². The largest absolute Gasteiger partial charge is 0.468 e. The lowest BCUT2D eigenvalue weighted by Gasteiger charge is -2.30. The molecule has 0 fully saturated rings. The minimum atomic E-state index is -3.96. The fraction of sp³-hybridized carbons (Fsp3) is 0.438. The van der Waals surface area contributed by atoms with Crippen molar-refractivity contribution in [2.45, 2.75) is 31.2 Å². The molecule has 1 atom stereocenters. The minimum Gasteiger partial charge on any atom is -0.468 e. The molecule has 2 rings (SSSR count). The van der Waals surface area contributed by atoms with E-state index in [0.29, 0.717) is 12.0 Å². The summed E-state index contributed by atoms with van der Waals surface area (Å²) in [6.07, 6.45) is 0.315. The van der Waals surface area contributed by atoms with Crippen LogP contribution in [0.2, 0.25) is 0 Å². The average molecular weight is 341 g/mol. The molecule has 1 aromatic rings. The summed E-state index contributed by atoms with van der Waals surface area (Å²) < 4.78 is 45.4. The lowest BCUT2D eigenvalue weighted by molar-refractivity contribution is -0.146. The molecule has 0 spiro atoms. The van der Waals surface area contributed by atoms with Crippen molar-refractivity contribution in [3.8, 4) is 0 Å². The molecule has 0 aromatic heterocycles. The van der Waals surface area contributed by atoms with Gasteiger partial charge in [-0.2, -0.15) is 4.31 Å². The summed E-state index contributed by atoms with van der Waals surface area (Å²) in [5.74, 6) is -1.41. The number of rotatable bonds is 3. The number of nitrogens with zero attached hydrogens (tertiary/aromatic N) is 1. The Labute approximate surface area is 135 Å². The molecular formula is C16H20FNO4S. The maximum Gasteiger partial charge on any atom is 0.324 e. The number of halogens is 1. The van der Waals surface area contributed by atoms with Gasteiger partial charge in [-0.15, -0.1) is 0 Å². The molecule has 0 unspecified atom stereocenters. The molecule has 7 heteroatoms. The van der Waals surface area contributed by atoms with Gasteiger partial charge in [0.05, 0.1) is 12.0 Å². The summed E-state index contributed by atoms with van der Waals surface area (Å²) in [7, 11) is -2.74. The van der Waals surface area contributed by atoms with E-state index in [1.807, 2.05) is 0 Å². The highest BCUT2D eigenvalue weighted by atomic mass is 32.2. The number of methoxy groups -OCH3 is 1. The van der Waals surface area contributed by atoms with E-state index in [9.17, 15) is 17.6 Å². The predicted octanol–water partition coefficient (Wildman–Crippen LogP) is 2.43. The van der Waals surface area contributed by atoms with Gasteiger partial charge in [0, 0.05) is 12.1 Å². The van der Waals surface area contributed by atoms with Crippen molar-refractivity contribution >= 4 is 21.6 Å². The summed E-state index contributed by atoms with van der Waals surface area (Å²) in [6, 6.07) is 2.54. The van der Waals surface area contributed by atoms with Gasteiger partial charge in [0.15, 0.2) is 0 Å². The number of ether oxygens (including phenoxy) is 1. The molecule has 0 aliphatic carbocycles. The van der Waals surface area contributed by atoms with E-state index in [1.54, 1.807) is 13.8 Å². The maximum atomic E-state index is 13.5. The molecule has 126 valence electrons. The highest BCUT2D eigenvalue weighted by Crippen LogP contribution is 2.34. The van der Waals surface area contributed by atoms with E-state index in [-0.39, 0.29) is 22.9 Å². The summed E-state index contributed by atoms with van der Waals surface area (Å²) in [6.45, 7) is 7.45. The Kier molecular flexibility index (Phi) is 4.91. The number of hydrogen-bond acceptors (Lipinski definition) is 4. The van der Waals surface area contributed by atoms with Gasteiger partial charge >= 0.3 is 5.97 Å². The van der Waals surface area contributed by atoms with Gasteiger partial charge in [-0.25, -0.2) is 12.8 Å². The molecule has 0 amide bonds. The van der Waals surface area contributed by atoms with E-state index in [2.05, 4.69) is 6.58 Å². The third kappa shape index (κ3) is 3.16. The molecule has 0 bridgehead atoms. The molecule has 1 aliphatic rings. The lowest BCUT2D eigenvalue weighted by atomic mass is 10.0. The molecule has 0 N–H and O–H groups in total. The first-order valence-electron chi connectivity index (χ1n) is 7.27. The topological polar surface area (TPSA) is 63.7 Å². The fourth-order valence-corrected chi connectivity index (χ4v) is 4.70. The monoisotopic (exact) mass is 341 g/mol. The molecule has 0 saturated carbocycles. The Morgan fingerprint density at radius 2 is 2.04 bits per heavy atom. The normalized spacial score (nSPS) is 19.1. The molecular weight excluding hydrogens is 321 g/mol. The van der Waals surface area contributed by atoms with E-state index in [0.717, 1.165) is 10.4 Å². The molecule has 23 heavy (non-hydrogen) atoms. The number of carbonyl (C=O) groups excluding carboxylic acids is 1. The SMILES string of the molecule is C=C1CCN([C@H](C(=O)OC)C(C)C)S(=O)(=O)c2ccc(F)cc21. The highest BCUT2D eigenvalue weighted by Gasteiger charge is 2.41. The van der Waals surface area contributed by atoms with Crippen molar-refractivity contribution in [2.75, 3.05) is 13.7 Å². The zero-order chi connectivity index (χ0) is 17.4. The Morgan fingerprint density at radius 1 is 1.39 bits per heavy atom. The van der Waals surface area contributed by atoms with Gasteiger partial charge < -0.3 is 4.74 Å². The quantitative estimate of drug-likeness (QED) is 0.792. The number of esters is 1. The smallest absolute Gasteiger partial charge is 0.324 e. The molecule has 0 saturated heterocycles. The van der Waals surface area contributed by atoms with Crippen LogP contribution >= 0.6 is 0 Å². The lowest BCUT2D eigenvalue weighted by Crippen LogP contribution is -2.48. The summed E-state index contributed by atoms with van der Waals surface area (Å²) in [5, 5.41) is 0. The van der Waals surface area contributed by atoms with Crippen LogP contribution in [0.5, 0.6) is 0 Å². The van der Waals surface area contributed by atoms with E-state index in [4.69, 9.17) is 4.74 Å². The number of hydrogen-bond donors (Lipinski definition) is 0. The average Bonchev–Trinajstić information content (AvgIpc) is 2.57. The fourth-order valence-electron chi connectivity index (χ4n) is 2.76. The highest BCUT2D eigenvalue weighted by molar-refractivity contribution is 7.89. The Bertz CT molecular complexity index is 742. The van der Waals surface area contributed by atoms with Gasteiger partial charge in [0.1, 0.15) is 11.9 Å². The zero-order valence-corrected chi connectivity index (χ0v) is 14.2. The van der Waals surface area contributed by atoms with Crippen molar-refractivity contribution in [1.29, 1.82) is 0 Å². The van der Waals surface area contributed by atoms with Crippen molar-refractivity contribution in [3.63, 3.8) is 0 Å². The molecule has 1 heterocycles. The second kappa shape index (κ2) is 6.41. The first-order chi connectivity index (χ1) is 10.7. The second-order valence-electron chi connectivity index (χ2n) is 5.82. The van der Waals surface area contributed by atoms with Crippen LogP contribution in [-0.2, 0) is 19.6 Å². The van der Waals surface area contributed by atoms with Crippen LogP contribution in [0.3, 0.4) is 0 Å². The van der Waals surface area contributed by atoms with Crippen LogP contribution in [0.25, 0.3) is 5.57 Å². The van der Waals surface area contributed by atoms with Crippen LogP contribution in [0.1, 0.15) is 25.8 Å². The van der Waals surface area contributed by atoms with Crippen molar-refractivity contribution < 1.29 is 22.3 Å². The molecule has 5 nitrogen and oxygen atoms in total. The van der Waals surface area contributed by atoms with E-state index >= 15 is 0 Å². The van der Waals surface area contributed by atoms with Crippen molar-refractivity contribution in [2.24, 2.45) is 5.92 Å². The Balaban J connectivity index is 2.62. The minimum absolute atomic E-state index is 0.0315. The first-order valence-corrected chi connectivity index (χ1v) is 8.71.